The molecule has 0 bridgehead atoms. The molecule has 3 heterocycles. The van der Waals surface area contributed by atoms with E-state index in [1.54, 1.807) is 0 Å². The largest absolute Gasteiger partial charge is 0.358 e. The Kier molecular flexibility index (Phi) is 1.73. The first-order chi connectivity index (χ1) is 7.09. The molecule has 0 aromatic carbocycles. The molecule has 0 atom stereocenters. The third-order valence-corrected chi connectivity index (χ3v) is 4.90. The summed E-state index contributed by atoms with van der Waals surface area (Å²) < 4.78 is 1.43. The molecular weight excluding hydrogens is 201 g/mol. The number of H-pyrrole nitrogens is 1. The molecule has 0 saturated carbocycles. The molecule has 3 heteroatoms. The Hall–Kier alpha value is -0.955. The number of aromatic amines is 1. The quantitative estimate of drug-likeness (QED) is 0.649. The fourth-order valence-corrected chi connectivity index (χ4v) is 3.56. The van der Waals surface area contributed by atoms with Crippen LogP contribution in [0.25, 0.3) is 15.8 Å². The summed E-state index contributed by atoms with van der Waals surface area (Å²) in [4.78, 5) is 4.96. The summed E-state index contributed by atoms with van der Waals surface area (Å²) in [5.41, 5.74) is 8.29. The predicted octanol–water partition coefficient (Wildman–Crippen LogP) is 2.94. The second-order valence-corrected chi connectivity index (χ2v) is 5.40. The average molecular weight is 214 g/mol. The van der Waals surface area contributed by atoms with Gasteiger partial charge in [0, 0.05) is 10.6 Å². The van der Waals surface area contributed by atoms with Crippen molar-refractivity contribution in [2.45, 2.75) is 27.7 Å². The van der Waals surface area contributed by atoms with Crippen LogP contribution in [0.15, 0.2) is 5.47 Å². The van der Waals surface area contributed by atoms with Gasteiger partial charge in [-0.3, -0.25) is 0 Å². The Morgan fingerprint density at radius 2 is 1.87 bits per heavy atom. The minimum Gasteiger partial charge on any atom is -0.358 e. The van der Waals surface area contributed by atoms with Gasteiger partial charge in [0.05, 0.1) is 10.2 Å². The fraction of sp³-hybridized carbons (Fsp3) is 0.333. The van der Waals surface area contributed by atoms with Crippen LogP contribution in [0.3, 0.4) is 0 Å². The van der Waals surface area contributed by atoms with Gasteiger partial charge in [-0.25, -0.2) is 0 Å². The molecule has 0 unspecified atom stereocenters. The highest BCUT2D eigenvalue weighted by atomic mass is 32.1. The van der Waals surface area contributed by atoms with Gasteiger partial charge in [-0.1, -0.05) is 6.92 Å². The predicted molar refractivity (Wildman–Crippen MR) is 69.3 cm³/mol. The maximum Gasteiger partial charge on any atom is 0.190 e. The molecule has 75 valence electrons. The first-order valence-corrected chi connectivity index (χ1v) is 6.05. The Bertz CT molecular complexity index is 601. The van der Waals surface area contributed by atoms with Crippen molar-refractivity contribution >= 4 is 39.9 Å². The molecule has 0 saturated heterocycles. The molecule has 1 radical (unpaired) electrons. The van der Waals surface area contributed by atoms with E-state index in [9.17, 15) is 0 Å². The van der Waals surface area contributed by atoms with Crippen molar-refractivity contribution in [3.05, 3.63) is 21.6 Å². The lowest BCUT2D eigenvalue weighted by Crippen LogP contribution is -2.11. The SMILES string of the molecule is CC1=C(C)c2sc3c(C)c(C)[nH]c3c2[B]1. The van der Waals surface area contributed by atoms with Crippen LogP contribution in [0.2, 0.25) is 0 Å². The molecule has 0 fully saturated rings. The summed E-state index contributed by atoms with van der Waals surface area (Å²) >= 11 is 1.93. The highest BCUT2D eigenvalue weighted by Crippen LogP contribution is 2.36. The van der Waals surface area contributed by atoms with E-state index in [4.69, 9.17) is 0 Å². The third kappa shape index (κ3) is 1.04. The number of aryl methyl sites for hydroxylation is 2. The van der Waals surface area contributed by atoms with Crippen LogP contribution in [-0.4, -0.2) is 12.3 Å². The first-order valence-electron chi connectivity index (χ1n) is 5.24. The van der Waals surface area contributed by atoms with E-state index in [-0.39, 0.29) is 0 Å². The maximum absolute atomic E-state index is 3.50. The minimum absolute atomic E-state index is 1.30. The molecule has 15 heavy (non-hydrogen) atoms. The van der Waals surface area contributed by atoms with E-state index >= 15 is 0 Å². The molecule has 1 N–H and O–H groups in total. The molecule has 2 aromatic rings. The van der Waals surface area contributed by atoms with Gasteiger partial charge in [0.15, 0.2) is 7.28 Å². The summed E-state index contributed by atoms with van der Waals surface area (Å²) in [5.74, 6) is 0. The highest BCUT2D eigenvalue weighted by Gasteiger charge is 2.24. The molecule has 3 rings (SSSR count). The van der Waals surface area contributed by atoms with Gasteiger partial charge in [-0.05, 0) is 37.4 Å². The normalized spacial score (nSPS) is 14.9. The van der Waals surface area contributed by atoms with E-state index in [1.165, 1.54) is 42.9 Å². The second kappa shape index (κ2) is 2.79. The van der Waals surface area contributed by atoms with Crippen molar-refractivity contribution in [3.63, 3.8) is 0 Å². The van der Waals surface area contributed by atoms with Gasteiger partial charge in [0.25, 0.3) is 0 Å². The molecule has 0 aliphatic carbocycles. The van der Waals surface area contributed by atoms with Crippen molar-refractivity contribution in [2.24, 2.45) is 0 Å². The number of aromatic nitrogens is 1. The molecule has 0 spiro atoms. The second-order valence-electron chi connectivity index (χ2n) is 4.38. The summed E-state index contributed by atoms with van der Waals surface area (Å²) in [7, 11) is 2.30. The highest BCUT2D eigenvalue weighted by molar-refractivity contribution is 7.22. The zero-order valence-corrected chi connectivity index (χ0v) is 10.3. The van der Waals surface area contributed by atoms with Crippen LogP contribution >= 0.6 is 11.3 Å². The molecule has 0 amide bonds. The van der Waals surface area contributed by atoms with Crippen LogP contribution in [0.5, 0.6) is 0 Å². The van der Waals surface area contributed by atoms with Crippen molar-refractivity contribution in [2.75, 3.05) is 0 Å². The number of hydrogen-bond acceptors (Lipinski definition) is 1. The Morgan fingerprint density at radius 1 is 1.13 bits per heavy atom. The number of thiophene rings is 1. The van der Waals surface area contributed by atoms with Gasteiger partial charge in [-0.2, -0.15) is 0 Å². The lowest BCUT2D eigenvalue weighted by atomic mass is 9.67. The van der Waals surface area contributed by atoms with Crippen LogP contribution in [0, 0.1) is 13.8 Å². The standard InChI is InChI=1S/C12H13BNS/c1-5-7(3)13-9-10-12(15-11(5)9)6(2)8(4)14-10/h14H,1-4H3. The lowest BCUT2D eigenvalue weighted by molar-refractivity contribution is 1.26. The monoisotopic (exact) mass is 214 g/mol. The molecule has 1 aliphatic heterocycles. The Labute approximate surface area is 94.4 Å². The van der Waals surface area contributed by atoms with Crippen molar-refractivity contribution in [1.29, 1.82) is 0 Å². The Morgan fingerprint density at radius 3 is 2.60 bits per heavy atom. The smallest absolute Gasteiger partial charge is 0.190 e. The van der Waals surface area contributed by atoms with Crippen molar-refractivity contribution in [3.8, 4) is 0 Å². The zero-order chi connectivity index (χ0) is 10.7. The van der Waals surface area contributed by atoms with E-state index in [2.05, 4.69) is 40.0 Å². The Balaban J connectivity index is 2.38. The van der Waals surface area contributed by atoms with Gasteiger partial charge >= 0.3 is 0 Å². The number of hydrogen-bond donors (Lipinski definition) is 1. The van der Waals surface area contributed by atoms with Crippen LogP contribution in [0.1, 0.15) is 30.0 Å². The summed E-state index contributed by atoms with van der Waals surface area (Å²) in [6.45, 7) is 8.76. The van der Waals surface area contributed by atoms with Gasteiger partial charge in [0.2, 0.25) is 0 Å². The van der Waals surface area contributed by atoms with E-state index < -0.39 is 0 Å². The van der Waals surface area contributed by atoms with Crippen LogP contribution in [-0.2, 0) is 0 Å². The lowest BCUT2D eigenvalue weighted by Gasteiger charge is -1.94. The topological polar surface area (TPSA) is 15.8 Å². The summed E-state index contributed by atoms with van der Waals surface area (Å²) in [6, 6.07) is 0. The van der Waals surface area contributed by atoms with Gasteiger partial charge < -0.3 is 4.98 Å². The molecular formula is C12H13BNS. The van der Waals surface area contributed by atoms with Gasteiger partial charge in [-0.15, -0.1) is 16.8 Å². The molecule has 2 aromatic heterocycles. The van der Waals surface area contributed by atoms with Gasteiger partial charge in [0.1, 0.15) is 0 Å². The number of allylic oxidation sites excluding steroid dienone is 2. The number of rotatable bonds is 0. The van der Waals surface area contributed by atoms with Crippen LogP contribution in [0.4, 0.5) is 0 Å². The summed E-state index contributed by atoms with van der Waals surface area (Å²) in [5, 5.41) is 0. The zero-order valence-electron chi connectivity index (χ0n) is 9.49. The van der Waals surface area contributed by atoms with Crippen molar-refractivity contribution < 1.29 is 0 Å². The fourth-order valence-electron chi connectivity index (χ4n) is 2.20. The third-order valence-electron chi connectivity index (χ3n) is 3.45. The number of nitrogens with one attached hydrogen (secondary N) is 1. The maximum atomic E-state index is 3.50. The molecule has 1 nitrogen and oxygen atoms in total. The molecule has 1 aliphatic rings. The van der Waals surface area contributed by atoms with E-state index in [0.717, 1.165) is 0 Å². The number of fused-ring (bicyclic) bond motifs is 3. The minimum atomic E-state index is 1.30. The van der Waals surface area contributed by atoms with Crippen molar-refractivity contribution in [1.82, 2.24) is 4.98 Å². The van der Waals surface area contributed by atoms with E-state index in [0.29, 0.717) is 0 Å². The van der Waals surface area contributed by atoms with E-state index in [1.807, 2.05) is 11.3 Å². The average Bonchev–Trinajstić information content (AvgIpc) is 2.75. The summed E-state index contributed by atoms with van der Waals surface area (Å²) in [6.07, 6.45) is 0. The first kappa shape index (κ1) is 9.28. The van der Waals surface area contributed by atoms with Crippen LogP contribution < -0.4 is 5.46 Å².